The number of nitrogens with zero attached hydrogens (tertiary/aromatic N) is 2. The lowest BCUT2D eigenvalue weighted by atomic mass is 10.2. The highest BCUT2D eigenvalue weighted by molar-refractivity contribution is 5.92. The molecule has 1 atom stereocenters. The van der Waals surface area contributed by atoms with Gasteiger partial charge in [-0.05, 0) is 31.5 Å². The number of carbonyl (C=O) groups is 2. The summed E-state index contributed by atoms with van der Waals surface area (Å²) in [5.41, 5.74) is 1.36. The summed E-state index contributed by atoms with van der Waals surface area (Å²) in [6.45, 7) is 9.17. The van der Waals surface area contributed by atoms with Crippen molar-refractivity contribution in [2.24, 2.45) is 0 Å². The molecule has 0 spiro atoms. The van der Waals surface area contributed by atoms with Crippen LogP contribution in [0.25, 0.3) is 0 Å². The van der Waals surface area contributed by atoms with Crippen molar-refractivity contribution in [3.63, 3.8) is 0 Å². The predicted octanol–water partition coefficient (Wildman–Crippen LogP) is 2.59. The number of hydrogen-bond donors (Lipinski definition) is 2. The zero-order chi connectivity index (χ0) is 16.8. The summed E-state index contributed by atoms with van der Waals surface area (Å²) in [5, 5.41) is 5.61. The maximum Gasteiger partial charge on any atom is 0.321 e. The van der Waals surface area contributed by atoms with Gasteiger partial charge >= 0.3 is 6.03 Å². The first-order valence-corrected chi connectivity index (χ1v) is 8.17. The van der Waals surface area contributed by atoms with Crippen LogP contribution in [0.4, 0.5) is 16.2 Å². The topological polar surface area (TPSA) is 64.7 Å². The van der Waals surface area contributed by atoms with Crippen LogP contribution in [-0.4, -0.2) is 54.0 Å². The SMILES string of the molecule is CCC(C)N1CCN(C(=O)Nc2cccc(NC(C)=O)c2)CC1. The highest BCUT2D eigenvalue weighted by atomic mass is 16.2. The van der Waals surface area contributed by atoms with Crippen molar-refractivity contribution in [1.82, 2.24) is 9.80 Å². The Morgan fingerprint density at radius 1 is 1.13 bits per heavy atom. The van der Waals surface area contributed by atoms with Crippen LogP contribution in [-0.2, 0) is 4.79 Å². The lowest BCUT2D eigenvalue weighted by molar-refractivity contribution is -0.114. The van der Waals surface area contributed by atoms with E-state index in [-0.39, 0.29) is 11.9 Å². The Balaban J connectivity index is 1.89. The Bertz CT molecular complexity index is 553. The second-order valence-electron chi connectivity index (χ2n) is 5.97. The van der Waals surface area contributed by atoms with Crippen molar-refractivity contribution >= 4 is 23.3 Å². The van der Waals surface area contributed by atoms with Gasteiger partial charge in [0, 0.05) is 50.5 Å². The van der Waals surface area contributed by atoms with Crippen LogP contribution in [0.3, 0.4) is 0 Å². The highest BCUT2D eigenvalue weighted by Crippen LogP contribution is 2.16. The van der Waals surface area contributed by atoms with Crippen LogP contribution >= 0.6 is 0 Å². The number of anilines is 2. The van der Waals surface area contributed by atoms with E-state index in [0.717, 1.165) is 32.6 Å². The Labute approximate surface area is 137 Å². The van der Waals surface area contributed by atoms with Gasteiger partial charge in [0.2, 0.25) is 5.91 Å². The Kier molecular flexibility index (Phi) is 5.98. The first-order chi connectivity index (χ1) is 11.0. The zero-order valence-corrected chi connectivity index (χ0v) is 14.1. The van der Waals surface area contributed by atoms with E-state index in [1.54, 1.807) is 12.1 Å². The highest BCUT2D eigenvalue weighted by Gasteiger charge is 2.23. The maximum absolute atomic E-state index is 12.4. The van der Waals surface area contributed by atoms with E-state index in [4.69, 9.17) is 0 Å². The second-order valence-corrected chi connectivity index (χ2v) is 5.97. The van der Waals surface area contributed by atoms with E-state index in [1.165, 1.54) is 6.92 Å². The van der Waals surface area contributed by atoms with Gasteiger partial charge in [0.1, 0.15) is 0 Å². The van der Waals surface area contributed by atoms with Crippen LogP contribution in [0.5, 0.6) is 0 Å². The molecule has 2 N–H and O–H groups in total. The monoisotopic (exact) mass is 318 g/mol. The van der Waals surface area contributed by atoms with Crippen molar-refractivity contribution in [2.45, 2.75) is 33.2 Å². The minimum atomic E-state index is -0.130. The molecule has 0 aliphatic carbocycles. The summed E-state index contributed by atoms with van der Waals surface area (Å²) in [7, 11) is 0. The molecule has 3 amide bonds. The number of nitrogens with one attached hydrogen (secondary N) is 2. The Hall–Kier alpha value is -2.08. The second kappa shape index (κ2) is 7.97. The number of carbonyl (C=O) groups excluding carboxylic acids is 2. The van der Waals surface area contributed by atoms with Crippen molar-refractivity contribution < 1.29 is 9.59 Å². The molecule has 1 aliphatic heterocycles. The van der Waals surface area contributed by atoms with Crippen molar-refractivity contribution in [3.8, 4) is 0 Å². The molecule has 0 saturated carbocycles. The molecule has 0 radical (unpaired) electrons. The number of piperazine rings is 1. The van der Waals surface area contributed by atoms with Crippen molar-refractivity contribution in [3.05, 3.63) is 24.3 Å². The molecule has 1 fully saturated rings. The number of hydrogen-bond acceptors (Lipinski definition) is 3. The molecule has 126 valence electrons. The Morgan fingerprint density at radius 2 is 1.74 bits per heavy atom. The maximum atomic E-state index is 12.4. The van der Waals surface area contributed by atoms with E-state index in [1.807, 2.05) is 17.0 Å². The zero-order valence-electron chi connectivity index (χ0n) is 14.1. The third-order valence-electron chi connectivity index (χ3n) is 4.25. The van der Waals surface area contributed by atoms with Gasteiger partial charge in [-0.25, -0.2) is 4.79 Å². The van der Waals surface area contributed by atoms with E-state index in [2.05, 4.69) is 29.4 Å². The van der Waals surface area contributed by atoms with E-state index in [0.29, 0.717) is 17.4 Å². The molecule has 1 aromatic carbocycles. The molecule has 6 heteroatoms. The van der Waals surface area contributed by atoms with Gasteiger partial charge in [0.05, 0.1) is 0 Å². The molecule has 6 nitrogen and oxygen atoms in total. The first kappa shape index (κ1) is 17.3. The fourth-order valence-corrected chi connectivity index (χ4v) is 2.70. The van der Waals surface area contributed by atoms with Crippen LogP contribution in [0.15, 0.2) is 24.3 Å². The molecular weight excluding hydrogens is 292 g/mol. The fraction of sp³-hybridized carbons (Fsp3) is 0.529. The summed E-state index contributed by atoms with van der Waals surface area (Å²) >= 11 is 0. The smallest absolute Gasteiger partial charge is 0.321 e. The molecule has 23 heavy (non-hydrogen) atoms. The first-order valence-electron chi connectivity index (χ1n) is 8.17. The average molecular weight is 318 g/mol. The van der Waals surface area contributed by atoms with Gasteiger partial charge in [0.15, 0.2) is 0 Å². The molecule has 1 aliphatic rings. The largest absolute Gasteiger partial charge is 0.326 e. The normalized spacial score (nSPS) is 16.7. The summed E-state index contributed by atoms with van der Waals surface area (Å²) in [4.78, 5) is 27.7. The van der Waals surface area contributed by atoms with E-state index >= 15 is 0 Å². The lowest BCUT2D eigenvalue weighted by Gasteiger charge is -2.37. The molecule has 0 bridgehead atoms. The molecule has 1 unspecified atom stereocenters. The summed E-state index contributed by atoms with van der Waals surface area (Å²) < 4.78 is 0. The quantitative estimate of drug-likeness (QED) is 0.897. The number of amides is 3. The Morgan fingerprint density at radius 3 is 2.30 bits per heavy atom. The van der Waals surface area contributed by atoms with Gasteiger partial charge in [-0.1, -0.05) is 13.0 Å². The van der Waals surface area contributed by atoms with Crippen LogP contribution in [0.2, 0.25) is 0 Å². The number of rotatable bonds is 4. The average Bonchev–Trinajstić information content (AvgIpc) is 2.54. The molecular formula is C17H26N4O2. The third kappa shape index (κ3) is 4.96. The summed E-state index contributed by atoms with van der Waals surface area (Å²) in [5.74, 6) is -0.130. The molecule has 0 aromatic heterocycles. The van der Waals surface area contributed by atoms with Crippen LogP contribution < -0.4 is 10.6 Å². The predicted molar refractivity (Wildman–Crippen MR) is 92.7 cm³/mol. The van der Waals surface area contributed by atoms with Gasteiger partial charge in [-0.15, -0.1) is 0 Å². The number of benzene rings is 1. The van der Waals surface area contributed by atoms with E-state index < -0.39 is 0 Å². The number of urea groups is 1. The molecule has 1 saturated heterocycles. The van der Waals surface area contributed by atoms with Crippen LogP contribution in [0.1, 0.15) is 27.2 Å². The third-order valence-corrected chi connectivity index (χ3v) is 4.25. The fourth-order valence-electron chi connectivity index (χ4n) is 2.70. The summed E-state index contributed by atoms with van der Waals surface area (Å²) in [6, 6.07) is 7.65. The molecule has 1 heterocycles. The van der Waals surface area contributed by atoms with Gasteiger partial charge in [-0.3, -0.25) is 9.69 Å². The molecule has 1 aromatic rings. The molecule has 2 rings (SSSR count). The lowest BCUT2D eigenvalue weighted by Crippen LogP contribution is -2.52. The minimum absolute atomic E-state index is 0.0891. The van der Waals surface area contributed by atoms with Gasteiger partial charge in [-0.2, -0.15) is 0 Å². The standard InChI is InChI=1S/C17H26N4O2/c1-4-13(2)20-8-10-21(11-9-20)17(23)19-16-7-5-6-15(12-16)18-14(3)22/h5-7,12-13H,4,8-11H2,1-3H3,(H,18,22)(H,19,23). The van der Waals surface area contributed by atoms with Crippen LogP contribution in [0, 0.1) is 0 Å². The minimum Gasteiger partial charge on any atom is -0.326 e. The van der Waals surface area contributed by atoms with Gasteiger partial charge < -0.3 is 15.5 Å². The van der Waals surface area contributed by atoms with Crippen molar-refractivity contribution in [1.29, 1.82) is 0 Å². The van der Waals surface area contributed by atoms with Gasteiger partial charge in [0.25, 0.3) is 0 Å². The van der Waals surface area contributed by atoms with E-state index in [9.17, 15) is 9.59 Å². The van der Waals surface area contributed by atoms with Crippen molar-refractivity contribution in [2.75, 3.05) is 36.8 Å². The summed E-state index contributed by atoms with van der Waals surface area (Å²) in [6.07, 6.45) is 1.13.